The zero-order valence-electron chi connectivity index (χ0n) is 70.1. The summed E-state index contributed by atoms with van der Waals surface area (Å²) in [7, 11) is 0. The largest absolute Gasteiger partial charge is 1.00 e. The Labute approximate surface area is 746 Å². The van der Waals surface area contributed by atoms with E-state index in [1.165, 1.54) is 160 Å². The van der Waals surface area contributed by atoms with Crippen LogP contribution in [0.1, 0.15) is 112 Å². The van der Waals surface area contributed by atoms with E-state index < -0.39 is 133 Å². The molecule has 0 amide bonds. The maximum atomic E-state index is 13.2. The molecular formula is C79H92BrF14LiN20O13. The van der Waals surface area contributed by atoms with Gasteiger partial charge >= 0.3 is 72.4 Å². The zero-order chi connectivity index (χ0) is 96.8. The summed E-state index contributed by atoms with van der Waals surface area (Å²) in [5.41, 5.74) is 30.0. The fraction of sp³-hybridized carbons (Fsp3) is 0.354. The second-order valence-corrected chi connectivity index (χ2v) is 23.5. The van der Waals surface area contributed by atoms with Gasteiger partial charge < -0.3 is 57.6 Å². The SMILES string of the molecule is Brc1ccccn1.CCOC(=O)C(=O)OCC.CCOC(=O)C(=O)c1ccccn1.CCOC(=O)C(F)(F)c1ccccn1.CCOCC.NCC(F)(F)c1cccc[n+]1[O-].NCC(F)(F)c1ccccn1.OCC(F)(F)c1ccccn1.[CH2-]CCC.[Li+].[N-]=[N+]=NCC(F)(F)c1cccc[n+]1[O-].[N-]=[N+]=NCC(F)(F)c1ccccn1.[N-]=[N+]=NCC(F)(F)c1ccccn1. The smallest absolute Gasteiger partial charge is 0.618 e. The molecule has 9 aromatic heterocycles. The summed E-state index contributed by atoms with van der Waals surface area (Å²) in [5.74, 6) is -27.9. The summed E-state index contributed by atoms with van der Waals surface area (Å²) in [6.45, 7) is 12.6. The van der Waals surface area contributed by atoms with Crippen LogP contribution in [-0.2, 0) is 84.3 Å². The molecule has 692 valence electrons. The van der Waals surface area contributed by atoms with Crippen LogP contribution in [0.15, 0.2) is 240 Å². The molecule has 0 aliphatic rings. The number of unbranched alkanes of at least 4 members (excludes halogenated alkanes) is 1. The van der Waals surface area contributed by atoms with E-state index in [0.29, 0.717) is 0 Å². The predicted molar refractivity (Wildman–Crippen MR) is 436 cm³/mol. The molecule has 0 spiro atoms. The first kappa shape index (κ1) is 122. The maximum Gasteiger partial charge on any atom is 1.00 e. The molecule has 5 N–H and O–H groups in total. The van der Waals surface area contributed by atoms with Gasteiger partial charge in [0, 0.05) is 95.6 Å². The Morgan fingerprint density at radius 2 is 0.727 bits per heavy atom. The predicted octanol–water partition coefficient (Wildman–Crippen LogP) is 13.5. The van der Waals surface area contributed by atoms with Gasteiger partial charge in [-0.05, 0) is 171 Å². The second kappa shape index (κ2) is 69.6. The van der Waals surface area contributed by atoms with Crippen LogP contribution >= 0.6 is 15.9 Å². The van der Waals surface area contributed by atoms with Gasteiger partial charge in [-0.25, -0.2) is 24.2 Å². The average Bonchev–Trinajstić information content (AvgIpc) is 0.858. The van der Waals surface area contributed by atoms with Gasteiger partial charge in [0.2, 0.25) is 0 Å². The molecule has 9 rings (SSSR count). The Bertz CT molecular complexity index is 4500. The van der Waals surface area contributed by atoms with Crippen molar-refractivity contribution >= 4 is 45.6 Å². The standard InChI is InChI=1S/C9H9F2NO2.C9H9NO3.C7H6F2N4O.2C7H6F2N4.C7H8F2N2O.C7H8F2N2.C7H7F2NO.C6H10O4.C5H4BrN.C4H10O.C4H9.Li/c1-2-14-8(13)9(10,11)7-5-3-4-6-12-7;1-2-13-9(12)8(11)7-5-3-4-6-10-7;8-7(9,5-11-12-10)6-3-1-2-4-13(6)14;2*8-7(9,5-12-13-10)6-3-1-2-4-11-6;8-7(9,5-10)6-3-1-2-4-11(6)12;8-7(9,5-10)6-3-1-2-4-11-6;8-7(9,5-11)6-3-1-2-4-10-6;1-3-9-5(7)6(8)10-4-2;6-5-3-1-2-4-7-5;1-3-5-4-2;1-3-4-2;/h3-6H,2H2,1H3;3-6H,2H2,1H3;1-4H,5H2;2*1-4H,5H2;1-4H,5,10H2;1-4H,5,10H2;1-4,11H,5H2;3-4H2,1-2H3;1-4H;3-4H2,1-2H3;1,3-4H2,2H3;/q;;;;;;;;;;;-1;+1. The fourth-order valence-electron chi connectivity index (χ4n) is 7.23. The number of aromatic nitrogens is 9. The number of aliphatic hydroxyl groups excluding tert-OH is 1. The molecule has 49 heteroatoms. The minimum Gasteiger partial charge on any atom is -0.618 e. The first-order chi connectivity index (χ1) is 60.1. The molecule has 0 bridgehead atoms. The van der Waals surface area contributed by atoms with Crippen molar-refractivity contribution in [1.82, 2.24) is 34.9 Å². The summed E-state index contributed by atoms with van der Waals surface area (Å²) in [6.07, 6.45) is 13.7. The number of Topliss-reactive ketones (excluding diaryl/α,β-unsaturated/α-hetero) is 1. The first-order valence-electron chi connectivity index (χ1n) is 36.8. The van der Waals surface area contributed by atoms with Crippen LogP contribution < -0.4 is 39.8 Å². The van der Waals surface area contributed by atoms with E-state index in [4.69, 9.17) is 37.9 Å². The molecule has 0 fully saturated rings. The van der Waals surface area contributed by atoms with Gasteiger partial charge in [0.05, 0.1) is 52.6 Å². The third kappa shape index (κ3) is 53.0. The van der Waals surface area contributed by atoms with Crippen LogP contribution in [0.25, 0.3) is 31.3 Å². The van der Waals surface area contributed by atoms with E-state index in [1.54, 1.807) is 45.2 Å². The molecule has 128 heavy (non-hydrogen) atoms. The molecule has 0 saturated heterocycles. The monoisotopic (exact) mass is 1880 g/mol. The number of esters is 4. The van der Waals surface area contributed by atoms with Crippen molar-refractivity contribution in [3.05, 3.63) is 318 Å². The molecule has 9 aromatic rings. The van der Waals surface area contributed by atoms with Gasteiger partial charge in [-0.1, -0.05) is 71.2 Å². The van der Waals surface area contributed by atoms with E-state index in [1.807, 2.05) is 32.0 Å². The number of aliphatic hydroxyl groups is 1. The number of hydrogen-bond acceptors (Lipinski definition) is 25. The molecule has 0 saturated carbocycles. The molecule has 0 atom stereocenters. The summed E-state index contributed by atoms with van der Waals surface area (Å²) in [5, 5.41) is 38.4. The fourth-order valence-corrected chi connectivity index (χ4v) is 7.50. The average molecular weight is 1880 g/mol. The van der Waals surface area contributed by atoms with E-state index in [0.717, 1.165) is 54.8 Å². The topological polar surface area (TPSA) is 494 Å². The molecular weight excluding hydrogens is 1790 g/mol. The number of ketones is 1. The minimum atomic E-state index is -3.67. The number of pyridine rings is 9. The third-order valence-electron chi connectivity index (χ3n) is 13.3. The van der Waals surface area contributed by atoms with Gasteiger partial charge in [0.15, 0.2) is 12.4 Å². The number of alkyl halides is 14. The zero-order valence-corrected chi connectivity index (χ0v) is 71.7. The number of nitrogens with two attached hydrogens (primary N) is 2. The molecule has 0 aromatic carbocycles. The maximum absolute atomic E-state index is 13.2. The molecule has 33 nitrogen and oxygen atoms in total. The van der Waals surface area contributed by atoms with Crippen molar-refractivity contribution in [2.75, 3.05) is 79.0 Å². The summed E-state index contributed by atoms with van der Waals surface area (Å²) < 4.78 is 204. The van der Waals surface area contributed by atoms with Gasteiger partial charge in [0.25, 0.3) is 29.0 Å². The number of carbonyl (C=O) groups excluding carboxylic acids is 5. The Morgan fingerprint density at radius 1 is 0.422 bits per heavy atom. The van der Waals surface area contributed by atoms with Crippen LogP contribution in [0.5, 0.6) is 0 Å². The number of halogens is 15. The van der Waals surface area contributed by atoms with Gasteiger partial charge in [-0.2, -0.15) is 77.3 Å². The van der Waals surface area contributed by atoms with Crippen LogP contribution in [0.2, 0.25) is 0 Å². The van der Waals surface area contributed by atoms with E-state index >= 15 is 0 Å². The normalized spacial score (nSPS) is 10.3. The number of nitrogens with zero attached hydrogens (tertiary/aromatic N) is 18. The molecule has 0 aliphatic carbocycles. The number of rotatable bonds is 26. The quantitative estimate of drug-likeness (QED) is 0.00362. The summed E-state index contributed by atoms with van der Waals surface area (Å²) >= 11 is 3.20. The van der Waals surface area contributed by atoms with Crippen molar-refractivity contribution in [2.45, 2.75) is 103 Å². The Hall–Kier alpha value is -12.6. The number of carbonyl (C=O) groups is 5. The Morgan fingerprint density at radius 3 is 0.992 bits per heavy atom. The second-order valence-electron chi connectivity index (χ2n) is 22.6. The van der Waals surface area contributed by atoms with Crippen molar-refractivity contribution < 1.29 is 143 Å². The van der Waals surface area contributed by atoms with E-state index in [2.05, 4.69) is 114 Å². The minimum absolute atomic E-state index is 0. The van der Waals surface area contributed by atoms with Gasteiger partial charge in [0.1, 0.15) is 51.9 Å². The molecule has 0 aliphatic heterocycles. The van der Waals surface area contributed by atoms with Crippen LogP contribution in [0.4, 0.5) is 61.5 Å². The summed E-state index contributed by atoms with van der Waals surface area (Å²) in [4.78, 5) is 85.5. The number of hydrogen-bond donors (Lipinski definition) is 3. The van der Waals surface area contributed by atoms with Crippen molar-refractivity contribution in [1.29, 1.82) is 0 Å². The van der Waals surface area contributed by atoms with Crippen molar-refractivity contribution in [3.63, 3.8) is 0 Å². The van der Waals surface area contributed by atoms with Crippen molar-refractivity contribution in [2.24, 2.45) is 26.8 Å². The number of azide groups is 3. The Balaban J connectivity index is -0.000000662. The van der Waals surface area contributed by atoms with Crippen LogP contribution in [-0.4, -0.2) is 149 Å². The molecule has 0 radical (unpaired) electrons. The Kier molecular flexibility index (Phi) is 66.1. The third-order valence-corrected chi connectivity index (χ3v) is 13.7. The van der Waals surface area contributed by atoms with E-state index in [9.17, 15) is 95.9 Å². The van der Waals surface area contributed by atoms with Crippen LogP contribution in [0, 0.1) is 17.3 Å². The van der Waals surface area contributed by atoms with Gasteiger partial charge in [-0.3, -0.25) is 34.7 Å². The molecule has 0 unspecified atom stereocenters. The van der Waals surface area contributed by atoms with Crippen molar-refractivity contribution in [3.8, 4) is 0 Å². The van der Waals surface area contributed by atoms with E-state index in [-0.39, 0.29) is 77.5 Å². The van der Waals surface area contributed by atoms with Crippen LogP contribution in [0.3, 0.4) is 0 Å². The number of ether oxygens (including phenoxy) is 5. The van der Waals surface area contributed by atoms with Gasteiger partial charge in [-0.15, -0.1) is 0 Å². The molecule has 9 heterocycles. The first-order valence-corrected chi connectivity index (χ1v) is 37.6. The summed E-state index contributed by atoms with van der Waals surface area (Å²) in [6, 6.07) is 38.7.